The molecule has 0 radical (unpaired) electrons. The first-order valence-electron chi connectivity index (χ1n) is 5.28. The smallest absolute Gasteiger partial charge is 0.0988 e. The lowest BCUT2D eigenvalue weighted by molar-refractivity contribution is -0.137. The minimum absolute atomic E-state index is 0.141. The van der Waals surface area contributed by atoms with Gasteiger partial charge in [-0.1, -0.05) is 13.3 Å². The van der Waals surface area contributed by atoms with Crippen LogP contribution < -0.4 is 5.73 Å². The molecule has 0 aromatic carbocycles. The normalized spacial score (nSPS) is 33.0. The van der Waals surface area contributed by atoms with E-state index in [1.165, 1.54) is 6.42 Å². The van der Waals surface area contributed by atoms with Crippen molar-refractivity contribution in [2.75, 3.05) is 13.2 Å². The van der Waals surface area contributed by atoms with Crippen LogP contribution in [0.1, 0.15) is 33.1 Å². The molecule has 1 fully saturated rings. The molecule has 3 heteroatoms. The minimum Gasteiger partial charge on any atom is -0.375 e. The van der Waals surface area contributed by atoms with Gasteiger partial charge in [0.2, 0.25) is 0 Å². The highest BCUT2D eigenvalue weighted by Gasteiger charge is 2.40. The van der Waals surface area contributed by atoms with Gasteiger partial charge in [0.25, 0.3) is 0 Å². The van der Waals surface area contributed by atoms with Gasteiger partial charge in [0.05, 0.1) is 12.2 Å². The summed E-state index contributed by atoms with van der Waals surface area (Å²) in [4.78, 5) is 0. The summed E-state index contributed by atoms with van der Waals surface area (Å²) >= 11 is 0. The van der Waals surface area contributed by atoms with Crippen LogP contribution in [0.2, 0.25) is 0 Å². The second-order valence-corrected chi connectivity index (χ2v) is 3.58. The maximum Gasteiger partial charge on any atom is 0.0988 e. The Morgan fingerprint density at radius 2 is 2.08 bits per heavy atom. The van der Waals surface area contributed by atoms with E-state index in [4.69, 9.17) is 15.2 Å². The largest absolute Gasteiger partial charge is 0.375 e. The summed E-state index contributed by atoms with van der Waals surface area (Å²) in [5.41, 5.74) is 5.80. The Morgan fingerprint density at radius 3 is 2.62 bits per heavy atom. The average Bonchev–Trinajstić information content (AvgIpc) is 2.13. The van der Waals surface area contributed by atoms with E-state index < -0.39 is 0 Å². The summed E-state index contributed by atoms with van der Waals surface area (Å²) in [7, 11) is 0. The lowest BCUT2D eigenvalue weighted by Crippen LogP contribution is -2.58. The number of nitrogens with two attached hydrogens (primary N) is 1. The Morgan fingerprint density at radius 1 is 1.31 bits per heavy atom. The van der Waals surface area contributed by atoms with Crippen LogP contribution in [0.5, 0.6) is 0 Å². The van der Waals surface area contributed by atoms with E-state index in [1.54, 1.807) is 0 Å². The van der Waals surface area contributed by atoms with Crippen LogP contribution in [0.4, 0.5) is 0 Å². The van der Waals surface area contributed by atoms with Gasteiger partial charge in [-0.25, -0.2) is 0 Å². The van der Waals surface area contributed by atoms with E-state index in [0.29, 0.717) is 0 Å². The highest BCUT2D eigenvalue weighted by atomic mass is 16.5. The van der Waals surface area contributed by atoms with Crippen molar-refractivity contribution in [3.8, 4) is 0 Å². The van der Waals surface area contributed by atoms with E-state index in [1.807, 2.05) is 6.92 Å². The van der Waals surface area contributed by atoms with Gasteiger partial charge in [-0.05, 0) is 19.8 Å². The van der Waals surface area contributed by atoms with Gasteiger partial charge >= 0.3 is 0 Å². The first kappa shape index (κ1) is 11.0. The fourth-order valence-electron chi connectivity index (χ4n) is 1.58. The molecule has 0 aromatic rings. The Hall–Kier alpha value is -0.120. The van der Waals surface area contributed by atoms with Crippen LogP contribution in [0.15, 0.2) is 0 Å². The molecular weight excluding hydrogens is 166 g/mol. The molecule has 1 aliphatic rings. The summed E-state index contributed by atoms with van der Waals surface area (Å²) in [5.74, 6) is 0. The summed E-state index contributed by atoms with van der Waals surface area (Å²) < 4.78 is 11.1. The topological polar surface area (TPSA) is 44.5 Å². The first-order chi connectivity index (χ1) is 6.29. The molecule has 13 heavy (non-hydrogen) atoms. The van der Waals surface area contributed by atoms with Crippen molar-refractivity contribution in [1.82, 2.24) is 0 Å². The van der Waals surface area contributed by atoms with Gasteiger partial charge in [0.15, 0.2) is 0 Å². The zero-order valence-electron chi connectivity index (χ0n) is 8.66. The van der Waals surface area contributed by atoms with Crippen molar-refractivity contribution in [3.05, 3.63) is 0 Å². The molecule has 0 amide bonds. The van der Waals surface area contributed by atoms with Crippen LogP contribution in [-0.4, -0.2) is 31.5 Å². The predicted molar refractivity (Wildman–Crippen MR) is 52.7 cm³/mol. The summed E-state index contributed by atoms with van der Waals surface area (Å²) in [6.07, 6.45) is 3.65. The second kappa shape index (κ2) is 5.58. The van der Waals surface area contributed by atoms with E-state index in [9.17, 15) is 0 Å². The molecule has 3 nitrogen and oxygen atoms in total. The zero-order chi connectivity index (χ0) is 9.68. The molecule has 78 valence electrons. The summed E-state index contributed by atoms with van der Waals surface area (Å²) in [6.45, 7) is 5.73. The quantitative estimate of drug-likeness (QED) is 0.638. The van der Waals surface area contributed by atoms with Crippen molar-refractivity contribution in [1.29, 1.82) is 0 Å². The Kier molecular flexibility index (Phi) is 4.70. The first-order valence-corrected chi connectivity index (χ1v) is 5.28. The van der Waals surface area contributed by atoms with Gasteiger partial charge in [-0.15, -0.1) is 0 Å². The van der Waals surface area contributed by atoms with Crippen molar-refractivity contribution in [3.63, 3.8) is 0 Å². The molecule has 0 saturated heterocycles. The molecular formula is C10H21NO2. The number of ether oxygens (including phenoxy) is 2. The number of hydrogen-bond acceptors (Lipinski definition) is 3. The fourth-order valence-corrected chi connectivity index (χ4v) is 1.58. The van der Waals surface area contributed by atoms with Gasteiger partial charge < -0.3 is 15.2 Å². The van der Waals surface area contributed by atoms with E-state index in [-0.39, 0.29) is 18.2 Å². The molecule has 1 saturated carbocycles. The molecule has 0 heterocycles. The van der Waals surface area contributed by atoms with Crippen LogP contribution in [0.3, 0.4) is 0 Å². The van der Waals surface area contributed by atoms with Crippen molar-refractivity contribution in [2.24, 2.45) is 5.73 Å². The van der Waals surface area contributed by atoms with E-state index >= 15 is 0 Å². The van der Waals surface area contributed by atoms with Gasteiger partial charge in [0.1, 0.15) is 0 Å². The van der Waals surface area contributed by atoms with Crippen LogP contribution in [0.25, 0.3) is 0 Å². The van der Waals surface area contributed by atoms with Crippen molar-refractivity contribution >= 4 is 0 Å². The Balaban J connectivity index is 2.12. The van der Waals surface area contributed by atoms with Crippen molar-refractivity contribution < 1.29 is 9.47 Å². The number of unbranched alkanes of at least 4 members (excludes halogenated alkanes) is 1. The molecule has 1 rings (SSSR count). The van der Waals surface area contributed by atoms with Crippen LogP contribution in [0, 0.1) is 0 Å². The summed E-state index contributed by atoms with van der Waals surface area (Å²) in [5, 5.41) is 0. The minimum atomic E-state index is 0.141. The van der Waals surface area contributed by atoms with Gasteiger partial charge in [-0.3, -0.25) is 0 Å². The standard InChI is InChI=1S/C10H21NO2/c1-3-5-6-13-9-7-8(11)10(9)12-4-2/h8-10H,3-7,11H2,1-2H3. The predicted octanol–water partition coefficient (Wildman–Crippen LogP) is 1.31. The highest BCUT2D eigenvalue weighted by Crippen LogP contribution is 2.25. The third-order valence-electron chi connectivity index (χ3n) is 2.48. The third kappa shape index (κ3) is 2.93. The number of hydrogen-bond donors (Lipinski definition) is 1. The monoisotopic (exact) mass is 187 g/mol. The van der Waals surface area contributed by atoms with E-state index in [0.717, 1.165) is 26.1 Å². The third-order valence-corrected chi connectivity index (χ3v) is 2.48. The lowest BCUT2D eigenvalue weighted by Gasteiger charge is -2.41. The molecule has 0 aliphatic heterocycles. The lowest BCUT2D eigenvalue weighted by atomic mass is 9.86. The van der Waals surface area contributed by atoms with E-state index in [2.05, 4.69) is 6.92 Å². The molecule has 2 N–H and O–H groups in total. The maximum absolute atomic E-state index is 5.80. The molecule has 0 spiro atoms. The molecule has 0 bridgehead atoms. The molecule has 3 unspecified atom stereocenters. The van der Waals surface area contributed by atoms with Crippen molar-refractivity contribution in [2.45, 2.75) is 51.4 Å². The SMILES string of the molecule is CCCCOC1CC(N)C1OCC. The highest BCUT2D eigenvalue weighted by molar-refractivity contribution is 4.94. The van der Waals surface area contributed by atoms with Gasteiger partial charge in [-0.2, -0.15) is 0 Å². The maximum atomic E-state index is 5.80. The molecule has 1 aliphatic carbocycles. The average molecular weight is 187 g/mol. The Bertz CT molecular complexity index is 141. The molecule has 3 atom stereocenters. The summed E-state index contributed by atoms with van der Waals surface area (Å²) in [6, 6.07) is 0.187. The number of rotatable bonds is 6. The fraction of sp³-hybridized carbons (Fsp3) is 1.00. The van der Waals surface area contributed by atoms with Crippen LogP contribution in [-0.2, 0) is 9.47 Å². The molecule has 0 aromatic heterocycles. The zero-order valence-corrected chi connectivity index (χ0v) is 8.66. The van der Waals surface area contributed by atoms with Crippen LogP contribution >= 0.6 is 0 Å². The van der Waals surface area contributed by atoms with Gasteiger partial charge in [0, 0.05) is 19.3 Å². The second-order valence-electron chi connectivity index (χ2n) is 3.58. The Labute approximate surface area is 80.6 Å².